The summed E-state index contributed by atoms with van der Waals surface area (Å²) < 4.78 is 33.7. The maximum atomic E-state index is 12.2. The Balaban J connectivity index is 2.62. The van der Waals surface area contributed by atoms with Crippen LogP contribution in [0.4, 0.5) is 0 Å². The van der Waals surface area contributed by atoms with E-state index in [2.05, 4.69) is 10.0 Å². The first kappa shape index (κ1) is 17.4. The van der Waals surface area contributed by atoms with Crippen LogP contribution in [0.2, 0.25) is 0 Å². The lowest BCUT2D eigenvalue weighted by Crippen LogP contribution is -2.55. The predicted molar refractivity (Wildman–Crippen MR) is 76.4 cm³/mol. The van der Waals surface area contributed by atoms with Gasteiger partial charge in [0.1, 0.15) is 0 Å². The van der Waals surface area contributed by atoms with Crippen molar-refractivity contribution in [2.75, 3.05) is 19.6 Å². The van der Waals surface area contributed by atoms with Crippen molar-refractivity contribution in [3.8, 4) is 0 Å². The fourth-order valence-electron chi connectivity index (χ4n) is 2.08. The molecule has 118 valence electrons. The van der Waals surface area contributed by atoms with Crippen molar-refractivity contribution in [2.45, 2.75) is 52.4 Å². The van der Waals surface area contributed by atoms with Gasteiger partial charge in [0.15, 0.2) is 0 Å². The molecule has 0 radical (unpaired) electrons. The Kier molecular flexibility index (Phi) is 6.38. The molecule has 1 heterocycles. The highest BCUT2D eigenvalue weighted by Gasteiger charge is 2.32. The average Bonchev–Trinajstić information content (AvgIpc) is 2.34. The maximum absolute atomic E-state index is 12.2. The summed E-state index contributed by atoms with van der Waals surface area (Å²) in [4.78, 5) is 11.7. The Morgan fingerprint density at radius 3 is 2.40 bits per heavy atom. The second kappa shape index (κ2) is 7.35. The lowest BCUT2D eigenvalue weighted by molar-refractivity contribution is -0.122. The lowest BCUT2D eigenvalue weighted by atomic mass is 10.3. The van der Waals surface area contributed by atoms with E-state index in [0.717, 1.165) is 6.42 Å². The number of carbonyl (C=O) groups is 1. The van der Waals surface area contributed by atoms with Crippen molar-refractivity contribution in [1.82, 2.24) is 14.3 Å². The van der Waals surface area contributed by atoms with Crippen LogP contribution >= 0.6 is 0 Å². The Morgan fingerprint density at radius 1 is 1.35 bits per heavy atom. The number of ether oxygens (including phenoxy) is 1. The zero-order valence-electron chi connectivity index (χ0n) is 12.5. The Labute approximate surface area is 121 Å². The third kappa shape index (κ3) is 5.01. The minimum Gasteiger partial charge on any atom is -0.373 e. The number of carbonyl (C=O) groups excluding carboxylic acids is 1. The lowest BCUT2D eigenvalue weighted by Gasteiger charge is -2.34. The minimum absolute atomic E-state index is 0.153. The van der Waals surface area contributed by atoms with Crippen molar-refractivity contribution in [2.24, 2.45) is 0 Å². The van der Waals surface area contributed by atoms with Crippen LogP contribution in [0.3, 0.4) is 0 Å². The van der Waals surface area contributed by atoms with Gasteiger partial charge in [-0.3, -0.25) is 4.79 Å². The molecule has 0 aliphatic carbocycles. The van der Waals surface area contributed by atoms with E-state index in [1.807, 2.05) is 20.8 Å². The molecular weight excluding hydrogens is 282 g/mol. The second-order valence-corrected chi connectivity index (χ2v) is 6.91. The summed E-state index contributed by atoms with van der Waals surface area (Å²) in [6, 6.07) is -0.792. The first-order valence-electron chi connectivity index (χ1n) is 6.96. The number of rotatable bonds is 6. The van der Waals surface area contributed by atoms with Gasteiger partial charge in [-0.1, -0.05) is 6.92 Å². The number of morpholine rings is 1. The summed E-state index contributed by atoms with van der Waals surface area (Å²) in [6.07, 6.45) is 0.503. The van der Waals surface area contributed by atoms with Gasteiger partial charge in [-0.2, -0.15) is 17.4 Å². The van der Waals surface area contributed by atoms with E-state index in [9.17, 15) is 13.2 Å². The Morgan fingerprint density at radius 2 is 1.90 bits per heavy atom. The van der Waals surface area contributed by atoms with Gasteiger partial charge in [0, 0.05) is 19.6 Å². The summed E-state index contributed by atoms with van der Waals surface area (Å²) in [5, 5.41) is 2.67. The van der Waals surface area contributed by atoms with Crippen molar-refractivity contribution in [1.29, 1.82) is 0 Å². The molecule has 8 heteroatoms. The van der Waals surface area contributed by atoms with E-state index >= 15 is 0 Å². The molecule has 2 N–H and O–H groups in total. The van der Waals surface area contributed by atoms with E-state index in [-0.39, 0.29) is 18.1 Å². The van der Waals surface area contributed by atoms with E-state index in [4.69, 9.17) is 4.74 Å². The third-order valence-corrected chi connectivity index (χ3v) is 4.62. The monoisotopic (exact) mass is 307 g/mol. The van der Waals surface area contributed by atoms with Gasteiger partial charge in [-0.25, -0.2) is 0 Å². The van der Waals surface area contributed by atoms with Crippen LogP contribution in [0.5, 0.6) is 0 Å². The fourth-order valence-corrected chi connectivity index (χ4v) is 3.59. The van der Waals surface area contributed by atoms with Crippen molar-refractivity contribution in [3.05, 3.63) is 0 Å². The summed E-state index contributed by atoms with van der Waals surface area (Å²) in [5.74, 6) is -0.315. The summed E-state index contributed by atoms with van der Waals surface area (Å²) in [7, 11) is -3.68. The van der Waals surface area contributed by atoms with Crippen LogP contribution in [-0.4, -0.2) is 56.5 Å². The Hall–Kier alpha value is -0.700. The molecule has 1 saturated heterocycles. The van der Waals surface area contributed by atoms with Gasteiger partial charge in [0.2, 0.25) is 5.91 Å². The SMILES string of the molecule is CCCNC(=O)C(C)NS(=O)(=O)N1CC(C)OC(C)C1. The van der Waals surface area contributed by atoms with Crippen molar-refractivity contribution < 1.29 is 17.9 Å². The molecule has 3 unspecified atom stereocenters. The molecule has 0 aromatic heterocycles. The quantitative estimate of drug-likeness (QED) is 0.714. The average molecular weight is 307 g/mol. The summed E-state index contributed by atoms with van der Waals surface area (Å²) >= 11 is 0. The van der Waals surface area contributed by atoms with Gasteiger partial charge in [-0.15, -0.1) is 0 Å². The molecule has 1 aliphatic heterocycles. The molecule has 3 atom stereocenters. The molecule has 7 nitrogen and oxygen atoms in total. The van der Waals surface area contributed by atoms with E-state index in [0.29, 0.717) is 19.6 Å². The first-order chi connectivity index (χ1) is 9.26. The van der Waals surface area contributed by atoms with Gasteiger partial charge >= 0.3 is 0 Å². The van der Waals surface area contributed by atoms with Crippen molar-refractivity contribution >= 4 is 16.1 Å². The Bertz CT molecular complexity index is 416. The largest absolute Gasteiger partial charge is 0.373 e. The number of nitrogens with zero attached hydrogens (tertiary/aromatic N) is 1. The zero-order valence-corrected chi connectivity index (χ0v) is 13.4. The summed E-state index contributed by atoms with van der Waals surface area (Å²) in [5.41, 5.74) is 0. The molecule has 1 aliphatic rings. The molecule has 0 saturated carbocycles. The highest BCUT2D eigenvalue weighted by molar-refractivity contribution is 7.87. The molecule has 1 amide bonds. The number of amides is 1. The first-order valence-corrected chi connectivity index (χ1v) is 8.40. The van der Waals surface area contributed by atoms with Crippen molar-refractivity contribution in [3.63, 3.8) is 0 Å². The number of hydrogen-bond donors (Lipinski definition) is 2. The number of nitrogens with one attached hydrogen (secondary N) is 2. The van der Waals surface area contributed by atoms with Crippen LogP contribution in [0.15, 0.2) is 0 Å². The van der Waals surface area contributed by atoms with E-state index in [1.54, 1.807) is 0 Å². The van der Waals surface area contributed by atoms with Gasteiger partial charge in [-0.05, 0) is 27.2 Å². The second-order valence-electron chi connectivity index (χ2n) is 5.21. The van der Waals surface area contributed by atoms with Gasteiger partial charge in [0.05, 0.1) is 18.2 Å². The molecule has 0 aromatic rings. The van der Waals surface area contributed by atoms with Crippen LogP contribution in [0.1, 0.15) is 34.1 Å². The molecule has 1 fully saturated rings. The number of hydrogen-bond acceptors (Lipinski definition) is 4. The van der Waals surface area contributed by atoms with E-state index < -0.39 is 16.3 Å². The topological polar surface area (TPSA) is 87.7 Å². The smallest absolute Gasteiger partial charge is 0.280 e. The van der Waals surface area contributed by atoms with Crippen LogP contribution in [-0.2, 0) is 19.7 Å². The van der Waals surface area contributed by atoms with Gasteiger partial charge in [0.25, 0.3) is 10.2 Å². The molecule has 0 bridgehead atoms. The van der Waals surface area contributed by atoms with Gasteiger partial charge < -0.3 is 10.1 Å². The predicted octanol–water partition coefficient (Wildman–Crippen LogP) is -0.155. The fraction of sp³-hybridized carbons (Fsp3) is 0.917. The van der Waals surface area contributed by atoms with E-state index in [1.165, 1.54) is 11.2 Å². The zero-order chi connectivity index (χ0) is 15.3. The minimum atomic E-state index is -3.68. The molecule has 0 spiro atoms. The molecular formula is C12H25N3O4S. The molecule has 0 aromatic carbocycles. The van der Waals surface area contributed by atoms with Crippen LogP contribution in [0.25, 0.3) is 0 Å². The molecule has 1 rings (SSSR count). The molecule has 20 heavy (non-hydrogen) atoms. The summed E-state index contributed by atoms with van der Waals surface area (Å²) in [6.45, 7) is 8.26. The third-order valence-electron chi connectivity index (χ3n) is 2.99. The maximum Gasteiger partial charge on any atom is 0.280 e. The standard InChI is InChI=1S/C12H25N3O4S/c1-5-6-13-12(16)11(4)14-20(17,18)15-7-9(2)19-10(3)8-15/h9-11,14H,5-8H2,1-4H3,(H,13,16). The van der Waals surface area contributed by atoms with Crippen LogP contribution < -0.4 is 10.0 Å². The normalized spacial score (nSPS) is 26.2. The highest BCUT2D eigenvalue weighted by Crippen LogP contribution is 2.13. The van der Waals surface area contributed by atoms with Crippen LogP contribution in [0, 0.1) is 0 Å². The highest BCUT2D eigenvalue weighted by atomic mass is 32.2.